The number of nitrogens with one attached hydrogen (secondary N) is 2. The quantitative estimate of drug-likeness (QED) is 0.835. The van der Waals surface area contributed by atoms with Crippen molar-refractivity contribution >= 4 is 41.3 Å². The number of benzene rings is 1. The van der Waals surface area contributed by atoms with E-state index in [9.17, 15) is 9.59 Å². The van der Waals surface area contributed by atoms with Gasteiger partial charge in [0.25, 0.3) is 0 Å². The van der Waals surface area contributed by atoms with Gasteiger partial charge in [-0.05, 0) is 30.4 Å². The van der Waals surface area contributed by atoms with Gasteiger partial charge in [0.15, 0.2) is 0 Å². The van der Waals surface area contributed by atoms with Gasteiger partial charge in [-0.1, -0.05) is 17.7 Å². The van der Waals surface area contributed by atoms with E-state index in [2.05, 4.69) is 15.6 Å². The maximum atomic E-state index is 12.2. The van der Waals surface area contributed by atoms with Gasteiger partial charge in [0.05, 0.1) is 5.92 Å². The molecule has 1 aliphatic rings. The van der Waals surface area contributed by atoms with E-state index in [1.54, 1.807) is 29.2 Å². The Labute approximate surface area is 135 Å². The number of hydrogen-bond donors (Lipinski definition) is 2. The van der Waals surface area contributed by atoms with Gasteiger partial charge >= 0.3 is 0 Å². The molecule has 2 amide bonds. The molecular weight excluding hydrogens is 326 g/mol. The van der Waals surface area contributed by atoms with Gasteiger partial charge in [0, 0.05) is 23.7 Å². The number of amides is 2. The summed E-state index contributed by atoms with van der Waals surface area (Å²) in [6, 6.07) is 6.99. The second-order valence-corrected chi connectivity index (χ2v) is 5.72. The summed E-state index contributed by atoms with van der Waals surface area (Å²) in [5, 5.41) is 6.80. The summed E-state index contributed by atoms with van der Waals surface area (Å²) in [5.41, 5.74) is 3.30. The van der Waals surface area contributed by atoms with Crippen molar-refractivity contribution in [1.29, 1.82) is 0 Å². The fourth-order valence-electron chi connectivity index (χ4n) is 2.31. The maximum absolute atomic E-state index is 12.2. The SMILES string of the molecule is O=C(Nn1cn[nH]c1=S)[C@@H]1CC(=O)N(c2cccc(Cl)c2)C1. The lowest BCUT2D eigenvalue weighted by molar-refractivity contribution is -0.123. The standard InChI is InChI=1S/C13H12ClN5O2S/c14-9-2-1-3-10(5-9)18-6-8(4-11(18)20)12(21)17-19-7-15-16-13(19)22/h1-3,5,7-8H,4,6H2,(H,16,22)(H,17,21)/t8-/m1/s1. The Morgan fingerprint density at radius 3 is 3.00 bits per heavy atom. The lowest BCUT2D eigenvalue weighted by Crippen LogP contribution is -2.31. The monoisotopic (exact) mass is 337 g/mol. The molecule has 1 aromatic carbocycles. The van der Waals surface area contributed by atoms with E-state index in [0.717, 1.165) is 0 Å². The van der Waals surface area contributed by atoms with Gasteiger partial charge in [-0.15, -0.1) is 0 Å². The van der Waals surface area contributed by atoms with Crippen LogP contribution in [-0.2, 0) is 9.59 Å². The second kappa shape index (κ2) is 5.90. The number of aromatic nitrogens is 3. The van der Waals surface area contributed by atoms with Gasteiger partial charge in [-0.25, -0.2) is 4.68 Å². The summed E-state index contributed by atoms with van der Waals surface area (Å²) in [6.45, 7) is 0.302. The summed E-state index contributed by atoms with van der Waals surface area (Å²) in [6.07, 6.45) is 1.51. The first-order valence-corrected chi connectivity index (χ1v) is 7.32. The Morgan fingerprint density at radius 1 is 1.50 bits per heavy atom. The molecule has 114 valence electrons. The predicted octanol–water partition coefficient (Wildman–Crippen LogP) is 1.72. The van der Waals surface area contributed by atoms with Crippen LogP contribution in [0.5, 0.6) is 0 Å². The number of halogens is 1. The molecule has 0 radical (unpaired) electrons. The third kappa shape index (κ3) is 2.88. The summed E-state index contributed by atoms with van der Waals surface area (Å²) in [7, 11) is 0. The molecule has 22 heavy (non-hydrogen) atoms. The predicted molar refractivity (Wildman–Crippen MR) is 83.7 cm³/mol. The lowest BCUT2D eigenvalue weighted by Gasteiger charge is -2.17. The minimum atomic E-state index is -0.455. The maximum Gasteiger partial charge on any atom is 0.244 e. The van der Waals surface area contributed by atoms with E-state index in [0.29, 0.717) is 17.3 Å². The highest BCUT2D eigenvalue weighted by atomic mass is 35.5. The van der Waals surface area contributed by atoms with Crippen molar-refractivity contribution in [2.75, 3.05) is 16.9 Å². The van der Waals surface area contributed by atoms with Crippen molar-refractivity contribution in [3.8, 4) is 0 Å². The third-order valence-corrected chi connectivity index (χ3v) is 3.92. The van der Waals surface area contributed by atoms with Crippen LogP contribution in [-0.4, -0.2) is 33.2 Å². The largest absolute Gasteiger partial charge is 0.312 e. The van der Waals surface area contributed by atoms with Crippen LogP contribution in [0.3, 0.4) is 0 Å². The highest BCUT2D eigenvalue weighted by molar-refractivity contribution is 7.71. The Kier molecular flexibility index (Phi) is 3.95. The molecular formula is C13H12ClN5O2S. The Bertz CT molecular complexity index is 786. The second-order valence-electron chi connectivity index (χ2n) is 4.89. The molecule has 1 fully saturated rings. The molecule has 0 unspecified atom stereocenters. The first-order chi connectivity index (χ1) is 10.5. The Hall–Kier alpha value is -2.19. The molecule has 0 aliphatic carbocycles. The fraction of sp³-hybridized carbons (Fsp3) is 0.231. The van der Waals surface area contributed by atoms with E-state index in [-0.39, 0.29) is 23.0 Å². The normalized spacial score (nSPS) is 17.8. The number of nitrogens with zero attached hydrogens (tertiary/aromatic N) is 3. The zero-order valence-electron chi connectivity index (χ0n) is 11.3. The highest BCUT2D eigenvalue weighted by Crippen LogP contribution is 2.27. The Balaban J connectivity index is 1.73. The van der Waals surface area contributed by atoms with Crippen LogP contribution in [0.15, 0.2) is 30.6 Å². The first-order valence-electron chi connectivity index (χ1n) is 6.53. The first kappa shape index (κ1) is 14.7. The molecule has 2 aromatic rings. The van der Waals surface area contributed by atoms with E-state index in [4.69, 9.17) is 23.8 Å². The Morgan fingerprint density at radius 2 is 2.32 bits per heavy atom. The highest BCUT2D eigenvalue weighted by Gasteiger charge is 2.35. The molecule has 1 atom stereocenters. The minimum Gasteiger partial charge on any atom is -0.312 e. The molecule has 3 rings (SSSR count). The van der Waals surface area contributed by atoms with E-state index >= 15 is 0 Å². The van der Waals surface area contributed by atoms with Gasteiger partial charge in [-0.3, -0.25) is 20.1 Å². The average Bonchev–Trinajstić information content (AvgIpc) is 3.06. The van der Waals surface area contributed by atoms with Crippen LogP contribution in [0.4, 0.5) is 5.69 Å². The molecule has 7 nitrogen and oxygen atoms in total. The zero-order valence-corrected chi connectivity index (χ0v) is 12.9. The topological polar surface area (TPSA) is 83.0 Å². The van der Waals surface area contributed by atoms with Crippen molar-refractivity contribution in [3.63, 3.8) is 0 Å². The van der Waals surface area contributed by atoms with Crippen molar-refractivity contribution in [2.45, 2.75) is 6.42 Å². The van der Waals surface area contributed by atoms with Crippen LogP contribution >= 0.6 is 23.8 Å². The van der Waals surface area contributed by atoms with E-state index in [1.165, 1.54) is 11.0 Å². The summed E-state index contributed by atoms with van der Waals surface area (Å²) in [5.74, 6) is -0.850. The average molecular weight is 338 g/mol. The molecule has 9 heteroatoms. The van der Waals surface area contributed by atoms with Crippen LogP contribution in [0, 0.1) is 10.7 Å². The lowest BCUT2D eigenvalue weighted by atomic mass is 10.1. The number of hydrogen-bond acceptors (Lipinski definition) is 4. The van der Waals surface area contributed by atoms with Gasteiger partial charge in [0.2, 0.25) is 16.6 Å². The van der Waals surface area contributed by atoms with Crippen LogP contribution < -0.4 is 10.3 Å². The molecule has 1 saturated heterocycles. The van der Waals surface area contributed by atoms with Crippen LogP contribution in [0.2, 0.25) is 5.02 Å². The third-order valence-electron chi connectivity index (χ3n) is 3.40. The smallest absolute Gasteiger partial charge is 0.244 e. The van der Waals surface area contributed by atoms with Gasteiger partial charge < -0.3 is 4.90 Å². The van der Waals surface area contributed by atoms with Crippen LogP contribution in [0.1, 0.15) is 6.42 Å². The molecule has 2 heterocycles. The number of anilines is 1. The number of H-pyrrole nitrogens is 1. The molecule has 0 spiro atoms. The van der Waals surface area contributed by atoms with Gasteiger partial charge in [0.1, 0.15) is 6.33 Å². The molecule has 2 N–H and O–H groups in total. The van der Waals surface area contributed by atoms with Crippen LogP contribution in [0.25, 0.3) is 0 Å². The molecule has 0 saturated carbocycles. The van der Waals surface area contributed by atoms with E-state index in [1.807, 2.05) is 0 Å². The summed E-state index contributed by atoms with van der Waals surface area (Å²) >= 11 is 10.9. The van der Waals surface area contributed by atoms with Crippen molar-refractivity contribution < 1.29 is 9.59 Å². The summed E-state index contributed by atoms with van der Waals surface area (Å²) < 4.78 is 1.59. The fourth-order valence-corrected chi connectivity index (χ4v) is 2.64. The molecule has 0 bridgehead atoms. The number of carbonyl (C=O) groups is 2. The molecule has 1 aliphatic heterocycles. The van der Waals surface area contributed by atoms with Crippen molar-refractivity contribution in [3.05, 3.63) is 40.4 Å². The number of aromatic amines is 1. The van der Waals surface area contributed by atoms with Crippen molar-refractivity contribution in [1.82, 2.24) is 14.9 Å². The van der Waals surface area contributed by atoms with Crippen molar-refractivity contribution in [2.24, 2.45) is 5.92 Å². The molecule has 1 aromatic heterocycles. The zero-order chi connectivity index (χ0) is 15.7. The summed E-state index contributed by atoms with van der Waals surface area (Å²) in [4.78, 5) is 25.9. The number of carbonyl (C=O) groups excluding carboxylic acids is 2. The number of rotatable bonds is 3. The minimum absolute atomic E-state index is 0.113. The van der Waals surface area contributed by atoms with Gasteiger partial charge in [-0.2, -0.15) is 5.10 Å². The van der Waals surface area contributed by atoms with E-state index < -0.39 is 5.92 Å².